The van der Waals surface area contributed by atoms with Crippen LogP contribution in [0.3, 0.4) is 0 Å². The first-order valence-corrected chi connectivity index (χ1v) is 38.8. The van der Waals surface area contributed by atoms with Crippen molar-refractivity contribution in [2.75, 3.05) is 47.5 Å². The lowest BCUT2D eigenvalue weighted by molar-refractivity contribution is -0.870. The van der Waals surface area contributed by atoms with Gasteiger partial charge >= 0.3 is 17.9 Å². The van der Waals surface area contributed by atoms with Crippen molar-refractivity contribution in [3.8, 4) is 0 Å². The van der Waals surface area contributed by atoms with Gasteiger partial charge < -0.3 is 28.5 Å². The van der Waals surface area contributed by atoms with Gasteiger partial charge in [-0.3, -0.25) is 9.59 Å². The number of carboxylic acid groups (broad SMARTS) is 1. The average Bonchev–Trinajstić information content (AvgIpc) is 1.21. The van der Waals surface area contributed by atoms with Gasteiger partial charge in [-0.2, -0.15) is 0 Å². The lowest BCUT2D eigenvalue weighted by atomic mass is 10.1. The van der Waals surface area contributed by atoms with Crippen LogP contribution in [0, 0.1) is 0 Å². The molecule has 0 saturated carbocycles. The van der Waals surface area contributed by atoms with Gasteiger partial charge in [-0.25, -0.2) is 4.79 Å². The zero-order valence-electron chi connectivity index (χ0n) is 63.9. The van der Waals surface area contributed by atoms with E-state index in [1.54, 1.807) is 0 Å². The fraction of sp³-hybridized carbons (Fsp3) is 0.511. The van der Waals surface area contributed by atoms with E-state index in [0.717, 1.165) is 186 Å². The summed E-state index contributed by atoms with van der Waals surface area (Å²) in [5.74, 6) is -2.09. The standard InChI is InChI=1S/C92H139NO8/c1-6-8-10-12-14-16-18-20-22-24-26-28-30-32-34-36-38-40-42-43-44-45-46-47-49-51-53-55-57-59-61-63-65-67-69-71-73-75-77-79-81-83-90(95)101-88(87-100-92(91(96)97)98-85-84-93(3,4)5)86-99-89(94)82-80-78-76-74-72-70-68-66-64-62-60-58-56-54-52-50-48-41-39-37-35-33-31-29-27-25-23-21-19-17-15-13-11-9-7-2/h8-11,14-17,20-23,26-29,32-35,38-41,43-44,46-47,50-53,56-59,62-65,69,71,88,92H,6-7,12-13,18-19,24-25,30-31,36-37,42,45,48-49,54-55,60-61,66-68,70,72-87H2,1-5H3/p+1/b10-8-,11-9-,16-14-,17-15-,22-20-,23-21-,28-26-,29-27-,34-32-,35-33-,40-38-,41-39-,44-43-,47-46-,52-50-,53-51-,58-56-,59-57-,64-62-,65-63-,71-69-. The minimum atomic E-state index is -1.54. The Morgan fingerprint density at radius 2 is 0.535 bits per heavy atom. The number of hydrogen-bond donors (Lipinski definition) is 1. The summed E-state index contributed by atoms with van der Waals surface area (Å²) in [5.41, 5.74) is 0. The number of unbranched alkanes of at least 4 members (excludes halogenated alkanes) is 11. The highest BCUT2D eigenvalue weighted by atomic mass is 16.7. The molecule has 0 saturated heterocycles. The van der Waals surface area contributed by atoms with E-state index in [4.69, 9.17) is 18.9 Å². The molecule has 0 aromatic carbocycles. The highest BCUT2D eigenvalue weighted by Crippen LogP contribution is 2.14. The van der Waals surface area contributed by atoms with Crippen molar-refractivity contribution in [2.45, 2.75) is 257 Å². The molecule has 560 valence electrons. The predicted molar refractivity (Wildman–Crippen MR) is 437 cm³/mol. The molecule has 2 atom stereocenters. The molecule has 0 aliphatic heterocycles. The van der Waals surface area contributed by atoms with Gasteiger partial charge in [0, 0.05) is 12.8 Å². The van der Waals surface area contributed by atoms with E-state index in [9.17, 15) is 19.5 Å². The molecule has 0 fully saturated rings. The summed E-state index contributed by atoms with van der Waals surface area (Å²) in [7, 11) is 5.95. The second kappa shape index (κ2) is 78.5. The molecule has 0 amide bonds. The van der Waals surface area contributed by atoms with Gasteiger partial charge in [-0.15, -0.1) is 0 Å². The highest BCUT2D eigenvalue weighted by molar-refractivity contribution is 5.71. The van der Waals surface area contributed by atoms with Gasteiger partial charge in [0.25, 0.3) is 6.29 Å². The number of allylic oxidation sites excluding steroid dienone is 42. The molecule has 0 aromatic heterocycles. The fourth-order valence-corrected chi connectivity index (χ4v) is 9.46. The number of esters is 2. The molecule has 1 N–H and O–H groups in total. The zero-order valence-corrected chi connectivity index (χ0v) is 63.9. The van der Waals surface area contributed by atoms with Crippen LogP contribution in [0.5, 0.6) is 0 Å². The number of carbonyl (C=O) groups excluding carboxylic acids is 2. The van der Waals surface area contributed by atoms with Gasteiger partial charge in [0.05, 0.1) is 34.4 Å². The summed E-state index contributed by atoms with van der Waals surface area (Å²) in [6.45, 7) is 4.57. The van der Waals surface area contributed by atoms with Crippen LogP contribution in [-0.4, -0.2) is 87.4 Å². The number of hydrogen-bond acceptors (Lipinski definition) is 7. The molecule has 101 heavy (non-hydrogen) atoms. The van der Waals surface area contributed by atoms with Crippen LogP contribution in [0.4, 0.5) is 0 Å². The van der Waals surface area contributed by atoms with Gasteiger partial charge in [0.1, 0.15) is 13.2 Å². The van der Waals surface area contributed by atoms with Crippen molar-refractivity contribution in [1.29, 1.82) is 0 Å². The van der Waals surface area contributed by atoms with Crippen LogP contribution in [0.2, 0.25) is 0 Å². The molecule has 0 rings (SSSR count). The number of likely N-dealkylation sites (N-methyl/N-ethyl adjacent to an activating group) is 1. The topological polar surface area (TPSA) is 108 Å². The molecule has 0 aromatic rings. The lowest BCUT2D eigenvalue weighted by Gasteiger charge is -2.25. The second-order valence-electron chi connectivity index (χ2n) is 25.8. The molecular weight excluding hydrogens is 1250 g/mol. The van der Waals surface area contributed by atoms with Crippen LogP contribution in [-0.2, 0) is 33.3 Å². The number of nitrogens with zero attached hydrogens (tertiary/aromatic N) is 1. The largest absolute Gasteiger partial charge is 0.477 e. The third-order valence-electron chi connectivity index (χ3n) is 15.3. The Hall–Kier alpha value is -7.17. The molecule has 9 nitrogen and oxygen atoms in total. The second-order valence-corrected chi connectivity index (χ2v) is 25.8. The van der Waals surface area contributed by atoms with Crippen LogP contribution in [0.25, 0.3) is 0 Å². The smallest absolute Gasteiger partial charge is 0.361 e. The quantitative estimate of drug-likeness (QED) is 0.0211. The summed E-state index contributed by atoms with van der Waals surface area (Å²) in [6, 6.07) is 0. The minimum Gasteiger partial charge on any atom is -0.477 e. The third-order valence-corrected chi connectivity index (χ3v) is 15.3. The van der Waals surface area contributed by atoms with E-state index in [-0.39, 0.29) is 38.6 Å². The van der Waals surface area contributed by atoms with Crippen LogP contribution in [0.15, 0.2) is 255 Å². The molecule has 0 aliphatic carbocycles. The molecule has 0 spiro atoms. The summed E-state index contributed by atoms with van der Waals surface area (Å²) < 4.78 is 22.9. The highest BCUT2D eigenvalue weighted by Gasteiger charge is 2.25. The fourth-order valence-electron chi connectivity index (χ4n) is 9.46. The predicted octanol–water partition coefficient (Wildman–Crippen LogP) is 25.4. The molecular formula is C92H140NO8+. The van der Waals surface area contributed by atoms with Gasteiger partial charge in [-0.1, -0.05) is 314 Å². The van der Waals surface area contributed by atoms with Crippen LogP contribution >= 0.6 is 0 Å². The average molecular weight is 1390 g/mol. The normalized spacial score (nSPS) is 14.1. The first kappa shape index (κ1) is 93.8. The van der Waals surface area contributed by atoms with Crippen molar-refractivity contribution in [3.05, 3.63) is 255 Å². The maximum atomic E-state index is 13.0. The minimum absolute atomic E-state index is 0.166. The summed E-state index contributed by atoms with van der Waals surface area (Å²) in [6.07, 6.45) is 125. The Balaban J connectivity index is 4.27. The summed E-state index contributed by atoms with van der Waals surface area (Å²) in [5, 5.41) is 9.77. The van der Waals surface area contributed by atoms with Gasteiger partial charge in [-0.05, 0) is 173 Å². The summed E-state index contributed by atoms with van der Waals surface area (Å²) in [4.78, 5) is 37.7. The van der Waals surface area contributed by atoms with E-state index in [1.165, 1.54) is 19.3 Å². The first-order chi connectivity index (χ1) is 49.6. The van der Waals surface area contributed by atoms with E-state index in [2.05, 4.69) is 269 Å². The zero-order chi connectivity index (χ0) is 73.2. The Labute approximate surface area is 617 Å². The van der Waals surface area contributed by atoms with Crippen LogP contribution < -0.4 is 0 Å². The Kier molecular flexibility index (Phi) is 73.0. The van der Waals surface area contributed by atoms with Crippen molar-refractivity contribution in [1.82, 2.24) is 0 Å². The van der Waals surface area contributed by atoms with E-state index < -0.39 is 24.3 Å². The molecule has 0 radical (unpaired) electrons. The SMILES string of the molecule is CC/C=C\C/C=C\C/C=C\C/C=C\C/C=C\C/C=C\C/C=C\C/C=C\C/C=C\C/C=C\C/C=C\C/C=C\CCCCCCC(=O)OC(COC(=O)CCCCCCCCC/C=C\C/C=C\C/C=C\C/C=C\C/C=C\C/C=C\C/C=C\C/C=C\C/C=C\CC)COC(OCC[N+](C)(C)C)C(=O)O. The maximum absolute atomic E-state index is 13.0. The molecule has 0 heterocycles. The number of rotatable bonds is 68. The molecule has 2 unspecified atom stereocenters. The number of carbonyl (C=O) groups is 3. The number of aliphatic carboxylic acids is 1. The van der Waals surface area contributed by atoms with Crippen molar-refractivity contribution < 1.29 is 42.9 Å². The molecule has 9 heteroatoms. The number of carboxylic acids is 1. The Morgan fingerprint density at radius 1 is 0.297 bits per heavy atom. The Bertz CT molecular complexity index is 2620. The van der Waals surface area contributed by atoms with Crippen molar-refractivity contribution >= 4 is 17.9 Å². The van der Waals surface area contributed by atoms with Crippen molar-refractivity contribution in [2.24, 2.45) is 0 Å². The van der Waals surface area contributed by atoms with E-state index >= 15 is 0 Å². The van der Waals surface area contributed by atoms with Crippen molar-refractivity contribution in [3.63, 3.8) is 0 Å². The molecule has 0 bridgehead atoms. The summed E-state index contributed by atoms with van der Waals surface area (Å²) >= 11 is 0. The lowest BCUT2D eigenvalue weighted by Crippen LogP contribution is -2.40. The van der Waals surface area contributed by atoms with E-state index in [1.807, 2.05) is 21.1 Å². The number of quaternary nitrogens is 1. The van der Waals surface area contributed by atoms with Gasteiger partial charge in [0.15, 0.2) is 6.10 Å². The maximum Gasteiger partial charge on any atom is 0.361 e. The Morgan fingerprint density at radius 3 is 0.792 bits per heavy atom. The van der Waals surface area contributed by atoms with Crippen LogP contribution in [0.1, 0.15) is 245 Å². The van der Waals surface area contributed by atoms with E-state index in [0.29, 0.717) is 23.9 Å². The third kappa shape index (κ3) is 80.0. The first-order valence-electron chi connectivity index (χ1n) is 38.8. The van der Waals surface area contributed by atoms with Gasteiger partial charge in [0.2, 0.25) is 0 Å². The monoisotopic (exact) mass is 1390 g/mol. The number of ether oxygens (including phenoxy) is 4. The molecule has 0 aliphatic rings.